The first-order chi connectivity index (χ1) is 9.69. The molecule has 0 aliphatic rings. The Morgan fingerprint density at radius 2 is 2.10 bits per heavy atom. The third-order valence-corrected chi connectivity index (χ3v) is 5.06. The number of sulfonamides is 1. The number of hydrogen-bond acceptors (Lipinski definition) is 7. The fraction of sp³-hybridized carbons (Fsp3) is 0.400. The average Bonchev–Trinajstić information content (AvgIpc) is 2.35. The van der Waals surface area contributed by atoms with Gasteiger partial charge < -0.3 is 5.43 Å². The third kappa shape index (κ3) is 4.46. The van der Waals surface area contributed by atoms with Crippen LogP contribution in [-0.2, 0) is 20.8 Å². The Bertz CT molecular complexity index is 661. The van der Waals surface area contributed by atoms with Crippen LogP contribution in [0.25, 0.3) is 0 Å². The normalized spacial score (nSPS) is 14.4. The largest absolute Gasteiger partial charge is 0.318 e. The molecule has 11 heteroatoms. The number of hydrogen-bond donors (Lipinski definition) is 3. The summed E-state index contributed by atoms with van der Waals surface area (Å²) in [5.74, 6) is 5.26. The first kappa shape index (κ1) is 17.5. The lowest BCUT2D eigenvalue weighted by Crippen LogP contribution is -2.36. The molecular formula is C10H16N4O5S2. The quantitative estimate of drug-likeness (QED) is 0.359. The standard InChI is InChI=1S/C10H16N4O5S2/c1-7(6-20(2)17)13-21(18,19)9-5-3-4-8(12-11)10(9)14(15)16/h3-5,7,12-13H,6,11H2,1-2H3. The molecule has 4 N–H and O–H groups in total. The van der Waals surface area contributed by atoms with Crippen molar-refractivity contribution in [3.8, 4) is 0 Å². The van der Waals surface area contributed by atoms with E-state index in [1.807, 2.05) is 0 Å². The summed E-state index contributed by atoms with van der Waals surface area (Å²) in [5, 5.41) is 11.1. The Hall–Kier alpha value is -1.56. The van der Waals surface area contributed by atoms with Crippen LogP contribution in [0.15, 0.2) is 23.1 Å². The Balaban J connectivity index is 3.26. The van der Waals surface area contributed by atoms with E-state index in [0.29, 0.717) is 0 Å². The van der Waals surface area contributed by atoms with Gasteiger partial charge in [-0.15, -0.1) is 0 Å². The number of hydrazine groups is 1. The topological polar surface area (TPSA) is 144 Å². The van der Waals surface area contributed by atoms with Crippen LogP contribution in [0.2, 0.25) is 0 Å². The van der Waals surface area contributed by atoms with Gasteiger partial charge in [-0.25, -0.2) is 13.1 Å². The summed E-state index contributed by atoms with van der Waals surface area (Å²) in [7, 11) is -5.34. The maximum Gasteiger partial charge on any atom is 0.313 e. The van der Waals surface area contributed by atoms with Crippen LogP contribution >= 0.6 is 0 Å². The fourth-order valence-corrected chi connectivity index (χ4v) is 4.09. The minimum absolute atomic E-state index is 0.0991. The summed E-state index contributed by atoms with van der Waals surface area (Å²) in [6.45, 7) is 1.52. The molecule has 0 amide bonds. The van der Waals surface area contributed by atoms with Gasteiger partial charge in [-0.05, 0) is 19.1 Å². The van der Waals surface area contributed by atoms with Crippen molar-refractivity contribution in [1.29, 1.82) is 0 Å². The lowest BCUT2D eigenvalue weighted by molar-refractivity contribution is -0.386. The predicted octanol–water partition coefficient (Wildman–Crippen LogP) is -0.0743. The zero-order chi connectivity index (χ0) is 16.2. The van der Waals surface area contributed by atoms with E-state index in [2.05, 4.69) is 10.1 Å². The highest BCUT2D eigenvalue weighted by molar-refractivity contribution is 7.89. The van der Waals surface area contributed by atoms with Crippen LogP contribution in [0, 0.1) is 10.1 Å². The van der Waals surface area contributed by atoms with Gasteiger partial charge in [0.05, 0.1) is 4.92 Å². The van der Waals surface area contributed by atoms with Crippen molar-refractivity contribution in [3.63, 3.8) is 0 Å². The van der Waals surface area contributed by atoms with E-state index in [4.69, 9.17) is 5.84 Å². The molecule has 0 saturated carbocycles. The van der Waals surface area contributed by atoms with Gasteiger partial charge in [0, 0.05) is 28.9 Å². The summed E-state index contributed by atoms with van der Waals surface area (Å²) >= 11 is 0. The number of anilines is 1. The average molecular weight is 336 g/mol. The molecule has 1 aromatic carbocycles. The Morgan fingerprint density at radius 1 is 1.48 bits per heavy atom. The van der Waals surface area contributed by atoms with Gasteiger partial charge in [-0.2, -0.15) is 0 Å². The summed E-state index contributed by atoms with van der Waals surface area (Å²) in [5.41, 5.74) is 1.33. The second kappa shape index (κ2) is 6.93. The Kier molecular flexibility index (Phi) is 5.78. The van der Waals surface area contributed by atoms with E-state index in [9.17, 15) is 22.7 Å². The highest BCUT2D eigenvalue weighted by Crippen LogP contribution is 2.31. The van der Waals surface area contributed by atoms with Crippen LogP contribution in [0.4, 0.5) is 11.4 Å². The molecule has 9 nitrogen and oxygen atoms in total. The number of nitrogen functional groups attached to an aromatic ring is 1. The molecule has 21 heavy (non-hydrogen) atoms. The summed E-state index contributed by atoms with van der Waals surface area (Å²) in [6, 6.07) is 3.10. The number of nitro benzene ring substituents is 1. The number of nitrogens with two attached hydrogens (primary N) is 1. The maximum atomic E-state index is 12.2. The van der Waals surface area contributed by atoms with Crippen molar-refractivity contribution in [2.75, 3.05) is 17.4 Å². The van der Waals surface area contributed by atoms with Crippen LogP contribution in [-0.4, -0.2) is 35.6 Å². The van der Waals surface area contributed by atoms with Gasteiger partial charge >= 0.3 is 5.69 Å². The van der Waals surface area contributed by atoms with Crippen LogP contribution in [0.5, 0.6) is 0 Å². The first-order valence-corrected chi connectivity index (χ1v) is 8.96. The Labute approximate surface area is 124 Å². The second-order valence-corrected chi connectivity index (χ2v) is 7.48. The number of para-hydroxylation sites is 1. The van der Waals surface area contributed by atoms with Crippen molar-refractivity contribution >= 4 is 32.2 Å². The third-order valence-electron chi connectivity index (χ3n) is 2.47. The van der Waals surface area contributed by atoms with E-state index < -0.39 is 42.4 Å². The lowest BCUT2D eigenvalue weighted by atomic mass is 10.3. The molecule has 0 spiro atoms. The van der Waals surface area contributed by atoms with E-state index in [1.165, 1.54) is 25.3 Å². The number of nitrogens with zero attached hydrogens (tertiary/aromatic N) is 1. The zero-order valence-electron chi connectivity index (χ0n) is 11.4. The molecule has 118 valence electrons. The second-order valence-electron chi connectivity index (χ2n) is 4.32. The molecule has 2 atom stereocenters. The van der Waals surface area contributed by atoms with Crippen LogP contribution in [0.3, 0.4) is 0 Å². The number of nitrogens with one attached hydrogen (secondary N) is 2. The molecule has 0 aliphatic carbocycles. The van der Waals surface area contributed by atoms with Gasteiger partial charge in [0.2, 0.25) is 10.0 Å². The molecule has 0 aromatic heterocycles. The van der Waals surface area contributed by atoms with Crippen molar-refractivity contribution in [2.45, 2.75) is 17.9 Å². The highest BCUT2D eigenvalue weighted by atomic mass is 32.2. The van der Waals surface area contributed by atoms with Crippen LogP contribution < -0.4 is 16.0 Å². The molecule has 2 unspecified atom stereocenters. The Morgan fingerprint density at radius 3 is 2.57 bits per heavy atom. The molecule has 1 aromatic rings. The molecular weight excluding hydrogens is 320 g/mol. The van der Waals surface area contributed by atoms with E-state index in [-0.39, 0.29) is 11.4 Å². The molecule has 0 saturated heterocycles. The van der Waals surface area contributed by atoms with Gasteiger partial charge in [0.1, 0.15) is 5.69 Å². The van der Waals surface area contributed by atoms with Gasteiger partial charge in [0.15, 0.2) is 4.90 Å². The smallest absolute Gasteiger partial charge is 0.313 e. The van der Waals surface area contributed by atoms with E-state index >= 15 is 0 Å². The summed E-state index contributed by atoms with van der Waals surface area (Å²) in [4.78, 5) is 9.75. The molecule has 0 heterocycles. The minimum atomic E-state index is -4.14. The SMILES string of the molecule is CC(CS(C)=O)NS(=O)(=O)c1cccc(NN)c1[N+](=O)[O-]. The van der Waals surface area contributed by atoms with E-state index in [0.717, 1.165) is 6.07 Å². The molecule has 0 fully saturated rings. The predicted molar refractivity (Wildman–Crippen MR) is 79.6 cm³/mol. The molecule has 0 bridgehead atoms. The van der Waals surface area contributed by atoms with E-state index in [1.54, 1.807) is 0 Å². The van der Waals surface area contributed by atoms with Gasteiger partial charge in [0.25, 0.3) is 0 Å². The molecule has 0 aliphatic heterocycles. The van der Waals surface area contributed by atoms with Crippen molar-refractivity contribution in [1.82, 2.24) is 4.72 Å². The number of rotatable bonds is 7. The summed E-state index contributed by atoms with van der Waals surface area (Å²) < 4.78 is 37.8. The molecule has 0 radical (unpaired) electrons. The minimum Gasteiger partial charge on any atom is -0.318 e. The maximum absolute atomic E-state index is 12.2. The number of nitro groups is 1. The fourth-order valence-electron chi connectivity index (χ4n) is 1.76. The zero-order valence-corrected chi connectivity index (χ0v) is 13.0. The monoisotopic (exact) mass is 336 g/mol. The lowest BCUT2D eigenvalue weighted by Gasteiger charge is -2.14. The van der Waals surface area contributed by atoms with Crippen molar-refractivity contribution < 1.29 is 17.6 Å². The van der Waals surface area contributed by atoms with Gasteiger partial charge in [-0.1, -0.05) is 6.07 Å². The van der Waals surface area contributed by atoms with Crippen LogP contribution in [0.1, 0.15) is 6.92 Å². The number of benzene rings is 1. The molecule has 1 rings (SSSR count). The highest BCUT2D eigenvalue weighted by Gasteiger charge is 2.29. The first-order valence-electron chi connectivity index (χ1n) is 5.75. The van der Waals surface area contributed by atoms with Crippen molar-refractivity contribution in [2.24, 2.45) is 5.84 Å². The van der Waals surface area contributed by atoms with Crippen molar-refractivity contribution in [3.05, 3.63) is 28.3 Å². The van der Waals surface area contributed by atoms with Gasteiger partial charge in [-0.3, -0.25) is 20.2 Å². The summed E-state index contributed by atoms with van der Waals surface area (Å²) in [6.07, 6.45) is 1.44.